The van der Waals surface area contributed by atoms with E-state index in [-0.39, 0.29) is 5.41 Å². The van der Waals surface area contributed by atoms with E-state index < -0.39 is 0 Å². The molecule has 2 aliphatic rings. The predicted molar refractivity (Wildman–Crippen MR) is 203 cm³/mol. The number of hydrogen-bond acceptors (Lipinski definition) is 3. The first-order valence-electron chi connectivity index (χ1n) is 17.6. The van der Waals surface area contributed by atoms with Crippen LogP contribution >= 0.6 is 0 Å². The van der Waals surface area contributed by atoms with E-state index in [1.807, 2.05) is 18.2 Å². The molecule has 1 spiro atoms. The molecule has 0 N–H and O–H groups in total. The summed E-state index contributed by atoms with van der Waals surface area (Å²) in [6, 6.07) is 55.8. The van der Waals surface area contributed by atoms with E-state index in [0.717, 1.165) is 63.2 Å². The second-order valence-electron chi connectivity index (χ2n) is 13.6. The molecule has 6 aromatic carbocycles. The largest absolute Gasteiger partial charge is 0.228 e. The highest BCUT2D eigenvalue weighted by Gasteiger charge is 2.44. The van der Waals surface area contributed by atoms with Crippen LogP contribution in [0.3, 0.4) is 0 Å². The van der Waals surface area contributed by atoms with Crippen molar-refractivity contribution < 1.29 is 0 Å². The quantitative estimate of drug-likeness (QED) is 0.188. The van der Waals surface area contributed by atoms with Gasteiger partial charge in [0, 0.05) is 22.1 Å². The van der Waals surface area contributed by atoms with Gasteiger partial charge in [-0.05, 0) is 81.6 Å². The maximum absolute atomic E-state index is 9.80. The van der Waals surface area contributed by atoms with Gasteiger partial charge in [-0.15, -0.1) is 0 Å². The Labute approximate surface area is 293 Å². The van der Waals surface area contributed by atoms with Crippen LogP contribution in [0.25, 0.3) is 67.3 Å². The number of aromatic nitrogens is 2. The Balaban J connectivity index is 1.22. The van der Waals surface area contributed by atoms with Crippen LogP contribution in [0.4, 0.5) is 0 Å². The maximum atomic E-state index is 9.80. The number of fused-ring (bicyclic) bond motifs is 5. The Kier molecular flexibility index (Phi) is 7.44. The van der Waals surface area contributed by atoms with Crippen LogP contribution in [0.1, 0.15) is 48.8 Å². The lowest BCUT2D eigenvalue weighted by atomic mass is 9.67. The van der Waals surface area contributed by atoms with Gasteiger partial charge in [-0.1, -0.05) is 147 Å². The first kappa shape index (κ1) is 30.0. The third-order valence-corrected chi connectivity index (χ3v) is 10.8. The Morgan fingerprint density at radius 1 is 0.440 bits per heavy atom. The summed E-state index contributed by atoms with van der Waals surface area (Å²) in [4.78, 5) is 10.5. The normalized spacial score (nSPS) is 14.1. The number of hydrogen-bond donors (Lipinski definition) is 0. The molecule has 9 rings (SSSR count). The van der Waals surface area contributed by atoms with Crippen LogP contribution in [0.2, 0.25) is 0 Å². The minimum atomic E-state index is -0.0511. The van der Waals surface area contributed by atoms with E-state index in [1.165, 1.54) is 47.1 Å². The molecule has 1 fully saturated rings. The molecule has 0 amide bonds. The predicted octanol–water partition coefficient (Wildman–Crippen LogP) is 11.9. The van der Waals surface area contributed by atoms with Gasteiger partial charge in [-0.25, -0.2) is 9.97 Å². The molecule has 238 valence electrons. The minimum Gasteiger partial charge on any atom is -0.228 e. The zero-order valence-electron chi connectivity index (χ0n) is 27.8. The fourth-order valence-electron chi connectivity index (χ4n) is 8.39. The van der Waals surface area contributed by atoms with Crippen molar-refractivity contribution in [2.45, 2.75) is 37.5 Å². The molecule has 1 aromatic heterocycles. The molecular formula is C47H35N3. The number of benzene rings is 6. The first-order valence-corrected chi connectivity index (χ1v) is 17.6. The molecule has 7 aromatic rings. The standard InChI is InChI=1S/C47H35N3/c48-31-32-22-24-38-39-25-23-35(29-43(39)47(42(38)28-32)26-12-3-13-27-47)37-19-8-10-20-40(37)45-30-44(34-16-6-2-7-17-34)49-46(50-45)41-21-11-9-18-36(41)33-14-4-1-5-15-33/h1-2,4-11,14-25,28-30H,3,12-13,26-27H2. The monoisotopic (exact) mass is 641 g/mol. The van der Waals surface area contributed by atoms with Gasteiger partial charge in [-0.2, -0.15) is 5.26 Å². The smallest absolute Gasteiger partial charge is 0.161 e. The van der Waals surface area contributed by atoms with Crippen molar-refractivity contribution in [2.24, 2.45) is 0 Å². The number of nitrogens with zero attached hydrogens (tertiary/aromatic N) is 3. The fraction of sp³-hybridized carbons (Fsp3) is 0.128. The van der Waals surface area contributed by atoms with Gasteiger partial charge in [0.25, 0.3) is 0 Å². The van der Waals surface area contributed by atoms with Crippen molar-refractivity contribution in [1.29, 1.82) is 5.26 Å². The molecule has 0 aliphatic heterocycles. The summed E-state index contributed by atoms with van der Waals surface area (Å²) in [5, 5.41) is 9.80. The summed E-state index contributed by atoms with van der Waals surface area (Å²) >= 11 is 0. The molecule has 0 bridgehead atoms. The van der Waals surface area contributed by atoms with Crippen molar-refractivity contribution in [2.75, 3.05) is 0 Å². The van der Waals surface area contributed by atoms with E-state index in [2.05, 4.69) is 140 Å². The third kappa shape index (κ3) is 5.04. The van der Waals surface area contributed by atoms with Gasteiger partial charge >= 0.3 is 0 Å². The molecule has 0 unspecified atom stereocenters. The van der Waals surface area contributed by atoms with Crippen LogP contribution in [-0.2, 0) is 5.41 Å². The summed E-state index contributed by atoms with van der Waals surface area (Å²) in [6.45, 7) is 0. The second-order valence-corrected chi connectivity index (χ2v) is 13.6. The highest BCUT2D eigenvalue weighted by Crippen LogP contribution is 2.56. The van der Waals surface area contributed by atoms with Crippen molar-refractivity contribution in [3.05, 3.63) is 168 Å². The average Bonchev–Trinajstić information content (AvgIpc) is 3.45. The molecule has 0 atom stereocenters. The molecule has 50 heavy (non-hydrogen) atoms. The summed E-state index contributed by atoms with van der Waals surface area (Å²) < 4.78 is 0. The first-order chi connectivity index (χ1) is 24.7. The number of nitriles is 1. The molecule has 2 aliphatic carbocycles. The van der Waals surface area contributed by atoms with Gasteiger partial charge in [0.05, 0.1) is 23.0 Å². The van der Waals surface area contributed by atoms with E-state index in [0.29, 0.717) is 5.82 Å². The second kappa shape index (κ2) is 12.4. The molecule has 3 heteroatoms. The van der Waals surface area contributed by atoms with E-state index in [4.69, 9.17) is 9.97 Å². The summed E-state index contributed by atoms with van der Waals surface area (Å²) in [6.07, 6.45) is 5.90. The molecule has 1 saturated carbocycles. The van der Waals surface area contributed by atoms with Crippen molar-refractivity contribution >= 4 is 0 Å². The Morgan fingerprint density at radius 2 is 1.00 bits per heavy atom. The summed E-state index contributed by atoms with van der Waals surface area (Å²) in [5.74, 6) is 0.703. The highest BCUT2D eigenvalue weighted by atomic mass is 14.9. The van der Waals surface area contributed by atoms with Crippen LogP contribution in [0, 0.1) is 11.3 Å². The van der Waals surface area contributed by atoms with Gasteiger partial charge in [-0.3, -0.25) is 0 Å². The molecular weight excluding hydrogens is 607 g/mol. The third-order valence-electron chi connectivity index (χ3n) is 10.8. The van der Waals surface area contributed by atoms with Crippen LogP contribution in [0.15, 0.2) is 152 Å². The van der Waals surface area contributed by atoms with Gasteiger partial charge in [0.1, 0.15) is 0 Å². The van der Waals surface area contributed by atoms with E-state index in [1.54, 1.807) is 0 Å². The van der Waals surface area contributed by atoms with Crippen LogP contribution < -0.4 is 0 Å². The highest BCUT2D eigenvalue weighted by molar-refractivity contribution is 5.89. The van der Waals surface area contributed by atoms with Gasteiger partial charge in [0.2, 0.25) is 0 Å². The maximum Gasteiger partial charge on any atom is 0.161 e. The SMILES string of the molecule is N#Cc1ccc2c(c1)C1(CCCCC1)c1cc(-c3ccccc3-c3cc(-c4ccccc4)nc(-c4ccccc4-c4ccccc4)n3)ccc1-2. The fourth-order valence-corrected chi connectivity index (χ4v) is 8.39. The average molecular weight is 642 g/mol. The molecule has 1 heterocycles. The van der Waals surface area contributed by atoms with Crippen molar-refractivity contribution in [3.8, 4) is 73.4 Å². The molecule has 0 radical (unpaired) electrons. The van der Waals surface area contributed by atoms with Gasteiger partial charge in [0.15, 0.2) is 5.82 Å². The Morgan fingerprint density at radius 3 is 1.70 bits per heavy atom. The van der Waals surface area contributed by atoms with E-state index in [9.17, 15) is 5.26 Å². The zero-order chi connectivity index (χ0) is 33.5. The van der Waals surface area contributed by atoms with E-state index >= 15 is 0 Å². The lowest BCUT2D eigenvalue weighted by Crippen LogP contribution is -2.28. The van der Waals surface area contributed by atoms with Crippen molar-refractivity contribution in [3.63, 3.8) is 0 Å². The topological polar surface area (TPSA) is 49.6 Å². The Bertz CT molecular complexity index is 2410. The lowest BCUT2D eigenvalue weighted by Gasteiger charge is -2.36. The molecule has 3 nitrogen and oxygen atoms in total. The van der Waals surface area contributed by atoms with Gasteiger partial charge < -0.3 is 0 Å². The van der Waals surface area contributed by atoms with Crippen LogP contribution in [-0.4, -0.2) is 9.97 Å². The van der Waals surface area contributed by atoms with Crippen LogP contribution in [0.5, 0.6) is 0 Å². The molecule has 0 saturated heterocycles. The summed E-state index contributed by atoms with van der Waals surface area (Å²) in [7, 11) is 0. The number of rotatable bonds is 5. The summed E-state index contributed by atoms with van der Waals surface area (Å²) in [5.41, 5.74) is 15.5. The lowest BCUT2D eigenvalue weighted by molar-refractivity contribution is 0.353. The van der Waals surface area contributed by atoms with Crippen molar-refractivity contribution in [1.82, 2.24) is 9.97 Å². The Hall–Kier alpha value is -6.11. The zero-order valence-corrected chi connectivity index (χ0v) is 27.8. The minimum absolute atomic E-state index is 0.0511.